The summed E-state index contributed by atoms with van der Waals surface area (Å²) >= 11 is 0. The second-order valence-corrected chi connectivity index (χ2v) is 5.33. The van der Waals surface area contributed by atoms with E-state index in [1.165, 1.54) is 27.4 Å². The Balaban J connectivity index is 2.17. The molecule has 1 unspecified atom stereocenters. The number of esters is 2. The summed E-state index contributed by atoms with van der Waals surface area (Å²) in [6.07, 6.45) is 0.213. The standard InChI is InChI=1S/C18H21NO7/c1-22-14-6-4-5-11(9-13(19)17(20)23-2)16(14)25-10-12-7-8-15(26-12)18(21)24-3/h4-8,13H,9-10,19H2,1-3H3. The average Bonchev–Trinajstić information content (AvgIpc) is 3.14. The fourth-order valence-corrected chi connectivity index (χ4v) is 2.33. The van der Waals surface area contributed by atoms with Gasteiger partial charge in [-0.2, -0.15) is 0 Å². The van der Waals surface area contributed by atoms with Gasteiger partial charge in [0.1, 0.15) is 18.4 Å². The van der Waals surface area contributed by atoms with Gasteiger partial charge in [0.25, 0.3) is 0 Å². The van der Waals surface area contributed by atoms with Crippen molar-refractivity contribution in [2.24, 2.45) is 5.73 Å². The molecule has 8 nitrogen and oxygen atoms in total. The first-order valence-electron chi connectivity index (χ1n) is 7.79. The van der Waals surface area contributed by atoms with Crippen molar-refractivity contribution in [3.63, 3.8) is 0 Å². The Morgan fingerprint density at radius 3 is 2.54 bits per heavy atom. The van der Waals surface area contributed by atoms with Crippen molar-refractivity contribution in [3.05, 3.63) is 47.4 Å². The van der Waals surface area contributed by atoms with Gasteiger partial charge in [0, 0.05) is 12.0 Å². The molecule has 0 radical (unpaired) electrons. The first kappa shape index (κ1) is 19.3. The molecule has 1 heterocycles. The molecule has 140 valence electrons. The number of furan rings is 1. The number of nitrogens with two attached hydrogens (primary N) is 1. The van der Waals surface area contributed by atoms with E-state index in [2.05, 4.69) is 9.47 Å². The van der Waals surface area contributed by atoms with Crippen LogP contribution in [0.2, 0.25) is 0 Å². The summed E-state index contributed by atoms with van der Waals surface area (Å²) in [5.41, 5.74) is 6.52. The molecular weight excluding hydrogens is 342 g/mol. The third-order valence-corrected chi connectivity index (χ3v) is 3.63. The number of benzene rings is 1. The molecule has 26 heavy (non-hydrogen) atoms. The molecule has 2 aromatic rings. The van der Waals surface area contributed by atoms with Gasteiger partial charge in [-0.1, -0.05) is 12.1 Å². The van der Waals surface area contributed by atoms with Gasteiger partial charge in [-0.15, -0.1) is 0 Å². The van der Waals surface area contributed by atoms with Crippen LogP contribution in [-0.2, 0) is 27.3 Å². The zero-order chi connectivity index (χ0) is 19.1. The van der Waals surface area contributed by atoms with E-state index in [9.17, 15) is 9.59 Å². The fraction of sp³-hybridized carbons (Fsp3) is 0.333. The highest BCUT2D eigenvalue weighted by Gasteiger charge is 2.20. The van der Waals surface area contributed by atoms with Crippen molar-refractivity contribution >= 4 is 11.9 Å². The molecule has 0 fully saturated rings. The summed E-state index contributed by atoms with van der Waals surface area (Å²) in [5.74, 6) is 0.342. The number of methoxy groups -OCH3 is 3. The molecule has 0 aliphatic heterocycles. The first-order chi connectivity index (χ1) is 12.5. The molecule has 0 aliphatic rings. The van der Waals surface area contributed by atoms with Crippen LogP contribution in [0.3, 0.4) is 0 Å². The summed E-state index contributed by atoms with van der Waals surface area (Å²) in [6, 6.07) is 7.56. The second kappa shape index (κ2) is 8.91. The maximum absolute atomic E-state index is 11.6. The molecule has 0 amide bonds. The number of carbonyl (C=O) groups excluding carboxylic acids is 2. The molecule has 2 N–H and O–H groups in total. The number of rotatable bonds is 8. The molecule has 0 saturated carbocycles. The summed E-state index contributed by atoms with van der Waals surface area (Å²) in [6.45, 7) is 0.0534. The summed E-state index contributed by atoms with van der Waals surface area (Å²) in [5, 5.41) is 0. The third kappa shape index (κ3) is 4.54. The highest BCUT2D eigenvalue weighted by molar-refractivity contribution is 5.86. The van der Waals surface area contributed by atoms with Gasteiger partial charge < -0.3 is 29.1 Å². The largest absolute Gasteiger partial charge is 0.493 e. The zero-order valence-electron chi connectivity index (χ0n) is 14.8. The Labute approximate surface area is 150 Å². The van der Waals surface area contributed by atoms with Crippen molar-refractivity contribution in [2.75, 3.05) is 21.3 Å². The van der Waals surface area contributed by atoms with E-state index in [4.69, 9.17) is 19.6 Å². The highest BCUT2D eigenvalue weighted by Crippen LogP contribution is 2.32. The molecular formula is C18H21NO7. The normalized spacial score (nSPS) is 11.5. The van der Waals surface area contributed by atoms with Crippen molar-refractivity contribution in [1.82, 2.24) is 0 Å². The Kier molecular flexibility index (Phi) is 6.62. The molecule has 1 aromatic carbocycles. The minimum absolute atomic E-state index is 0.0534. The number of para-hydroxylation sites is 1. The van der Waals surface area contributed by atoms with E-state index >= 15 is 0 Å². The van der Waals surface area contributed by atoms with Gasteiger partial charge in [0.15, 0.2) is 11.5 Å². The Morgan fingerprint density at radius 2 is 1.88 bits per heavy atom. The summed E-state index contributed by atoms with van der Waals surface area (Å²) in [7, 11) is 4.06. The minimum Gasteiger partial charge on any atom is -0.493 e. The van der Waals surface area contributed by atoms with E-state index in [1.807, 2.05) is 0 Å². The lowest BCUT2D eigenvalue weighted by Gasteiger charge is -2.16. The van der Waals surface area contributed by atoms with Crippen LogP contribution in [0, 0.1) is 0 Å². The van der Waals surface area contributed by atoms with E-state index in [-0.39, 0.29) is 18.8 Å². The maximum atomic E-state index is 11.6. The monoisotopic (exact) mass is 363 g/mol. The SMILES string of the molecule is COC(=O)c1ccc(COc2c(CC(N)C(=O)OC)cccc2OC)o1. The van der Waals surface area contributed by atoms with Gasteiger partial charge in [-0.3, -0.25) is 4.79 Å². The Morgan fingerprint density at radius 1 is 1.12 bits per heavy atom. The zero-order valence-corrected chi connectivity index (χ0v) is 14.8. The van der Waals surface area contributed by atoms with Crippen LogP contribution in [-0.4, -0.2) is 39.3 Å². The van der Waals surface area contributed by atoms with Crippen molar-refractivity contribution in [2.45, 2.75) is 19.1 Å². The molecule has 0 spiro atoms. The summed E-state index contributed by atoms with van der Waals surface area (Å²) in [4.78, 5) is 23.0. The lowest BCUT2D eigenvalue weighted by atomic mass is 10.0. The van der Waals surface area contributed by atoms with Crippen molar-refractivity contribution in [1.29, 1.82) is 0 Å². The molecule has 2 rings (SSSR count). The molecule has 0 bridgehead atoms. The van der Waals surface area contributed by atoms with Crippen LogP contribution in [0.1, 0.15) is 21.9 Å². The predicted octanol–water partition coefficient (Wildman–Crippen LogP) is 1.70. The third-order valence-electron chi connectivity index (χ3n) is 3.63. The number of ether oxygens (including phenoxy) is 4. The predicted molar refractivity (Wildman–Crippen MR) is 91.1 cm³/mol. The van der Waals surface area contributed by atoms with E-state index in [0.29, 0.717) is 22.8 Å². The number of carbonyl (C=O) groups is 2. The van der Waals surface area contributed by atoms with E-state index < -0.39 is 18.0 Å². The summed E-state index contributed by atoms with van der Waals surface area (Å²) < 4.78 is 25.7. The van der Waals surface area contributed by atoms with Gasteiger partial charge in [-0.25, -0.2) is 4.79 Å². The smallest absolute Gasteiger partial charge is 0.373 e. The Hall–Kier alpha value is -3.00. The highest BCUT2D eigenvalue weighted by atomic mass is 16.5. The molecule has 0 saturated heterocycles. The van der Waals surface area contributed by atoms with Crippen LogP contribution >= 0.6 is 0 Å². The maximum Gasteiger partial charge on any atom is 0.373 e. The Bertz CT molecular complexity index is 769. The molecule has 8 heteroatoms. The van der Waals surface area contributed by atoms with Crippen LogP contribution < -0.4 is 15.2 Å². The minimum atomic E-state index is -0.830. The van der Waals surface area contributed by atoms with Gasteiger partial charge in [-0.05, 0) is 18.2 Å². The fourth-order valence-electron chi connectivity index (χ4n) is 2.33. The van der Waals surface area contributed by atoms with Crippen LogP contribution in [0.4, 0.5) is 0 Å². The lowest BCUT2D eigenvalue weighted by Crippen LogP contribution is -2.33. The number of hydrogen-bond donors (Lipinski definition) is 1. The average molecular weight is 363 g/mol. The van der Waals surface area contributed by atoms with Gasteiger partial charge in [0.05, 0.1) is 21.3 Å². The van der Waals surface area contributed by atoms with Crippen LogP contribution in [0.15, 0.2) is 34.7 Å². The molecule has 0 aliphatic carbocycles. The second-order valence-electron chi connectivity index (χ2n) is 5.33. The van der Waals surface area contributed by atoms with Crippen LogP contribution in [0.5, 0.6) is 11.5 Å². The van der Waals surface area contributed by atoms with E-state index in [0.717, 1.165) is 0 Å². The van der Waals surface area contributed by atoms with Gasteiger partial charge >= 0.3 is 11.9 Å². The number of hydrogen-bond acceptors (Lipinski definition) is 8. The van der Waals surface area contributed by atoms with Crippen molar-refractivity contribution < 1.29 is 33.0 Å². The van der Waals surface area contributed by atoms with E-state index in [1.54, 1.807) is 24.3 Å². The topological polar surface area (TPSA) is 110 Å². The van der Waals surface area contributed by atoms with Crippen LogP contribution in [0.25, 0.3) is 0 Å². The molecule has 1 aromatic heterocycles. The lowest BCUT2D eigenvalue weighted by molar-refractivity contribution is -0.142. The molecule has 1 atom stereocenters. The first-order valence-corrected chi connectivity index (χ1v) is 7.79. The van der Waals surface area contributed by atoms with Crippen molar-refractivity contribution in [3.8, 4) is 11.5 Å². The van der Waals surface area contributed by atoms with Gasteiger partial charge in [0.2, 0.25) is 5.76 Å². The quantitative estimate of drug-likeness (QED) is 0.706.